The zero-order chi connectivity index (χ0) is 10.7. The standard InChI is InChI=1S/C13H19NO/c1-10-4-3-5-12(8-10)15-13-7-6-11(9-13)14-2/h3-5,8,11,13-14H,6-7,9H2,1-2H3. The maximum Gasteiger partial charge on any atom is 0.119 e. The van der Waals surface area contributed by atoms with Crippen molar-refractivity contribution in [3.63, 3.8) is 0 Å². The minimum atomic E-state index is 0.393. The summed E-state index contributed by atoms with van der Waals surface area (Å²) in [5.41, 5.74) is 1.26. The predicted octanol–water partition coefficient (Wildman–Crippen LogP) is 2.51. The third-order valence-electron chi connectivity index (χ3n) is 3.09. The van der Waals surface area contributed by atoms with Crippen LogP contribution in [0, 0.1) is 6.92 Å². The first-order chi connectivity index (χ1) is 7.28. The van der Waals surface area contributed by atoms with E-state index in [1.54, 1.807) is 0 Å². The van der Waals surface area contributed by atoms with Crippen molar-refractivity contribution in [3.05, 3.63) is 29.8 Å². The predicted molar refractivity (Wildman–Crippen MR) is 62.3 cm³/mol. The van der Waals surface area contributed by atoms with Crippen molar-refractivity contribution < 1.29 is 4.74 Å². The Morgan fingerprint density at radius 2 is 2.20 bits per heavy atom. The highest BCUT2D eigenvalue weighted by atomic mass is 16.5. The van der Waals surface area contributed by atoms with E-state index < -0.39 is 0 Å². The first kappa shape index (κ1) is 10.5. The second-order valence-electron chi connectivity index (χ2n) is 4.36. The van der Waals surface area contributed by atoms with E-state index >= 15 is 0 Å². The summed E-state index contributed by atoms with van der Waals surface area (Å²) in [6.07, 6.45) is 3.92. The van der Waals surface area contributed by atoms with Gasteiger partial charge in [-0.05, 0) is 50.9 Å². The summed E-state index contributed by atoms with van der Waals surface area (Å²) in [6, 6.07) is 8.93. The smallest absolute Gasteiger partial charge is 0.119 e. The van der Waals surface area contributed by atoms with Crippen LogP contribution in [-0.4, -0.2) is 19.2 Å². The zero-order valence-electron chi connectivity index (χ0n) is 9.49. The molecule has 82 valence electrons. The molecule has 1 saturated carbocycles. The SMILES string of the molecule is CNC1CCC(Oc2cccc(C)c2)C1. The normalized spacial score (nSPS) is 25.5. The van der Waals surface area contributed by atoms with E-state index in [2.05, 4.69) is 30.4 Å². The van der Waals surface area contributed by atoms with Crippen LogP contribution in [0.15, 0.2) is 24.3 Å². The summed E-state index contributed by atoms with van der Waals surface area (Å²) < 4.78 is 5.95. The Balaban J connectivity index is 1.92. The van der Waals surface area contributed by atoms with E-state index in [-0.39, 0.29) is 0 Å². The molecule has 2 atom stereocenters. The molecule has 1 N–H and O–H groups in total. The quantitative estimate of drug-likeness (QED) is 0.818. The fraction of sp³-hybridized carbons (Fsp3) is 0.538. The van der Waals surface area contributed by atoms with Gasteiger partial charge < -0.3 is 10.1 Å². The lowest BCUT2D eigenvalue weighted by Gasteiger charge is -2.14. The van der Waals surface area contributed by atoms with Crippen molar-refractivity contribution in [1.29, 1.82) is 0 Å². The molecule has 0 saturated heterocycles. The molecule has 1 aromatic carbocycles. The monoisotopic (exact) mass is 205 g/mol. The van der Waals surface area contributed by atoms with Crippen LogP contribution >= 0.6 is 0 Å². The maximum atomic E-state index is 5.95. The summed E-state index contributed by atoms with van der Waals surface area (Å²) in [4.78, 5) is 0. The molecule has 0 radical (unpaired) electrons. The molecule has 0 aromatic heterocycles. The molecule has 1 aromatic rings. The van der Waals surface area contributed by atoms with Crippen LogP contribution in [0.3, 0.4) is 0 Å². The number of rotatable bonds is 3. The van der Waals surface area contributed by atoms with Crippen molar-refractivity contribution >= 4 is 0 Å². The van der Waals surface area contributed by atoms with E-state index in [1.165, 1.54) is 18.4 Å². The molecule has 1 fully saturated rings. The molecule has 0 spiro atoms. The Kier molecular flexibility index (Phi) is 3.27. The third kappa shape index (κ3) is 2.72. The highest BCUT2D eigenvalue weighted by Gasteiger charge is 2.24. The second-order valence-corrected chi connectivity index (χ2v) is 4.36. The molecule has 0 bridgehead atoms. The van der Waals surface area contributed by atoms with Gasteiger partial charge in [0.1, 0.15) is 11.9 Å². The van der Waals surface area contributed by atoms with Crippen molar-refractivity contribution in [2.45, 2.75) is 38.3 Å². The fourth-order valence-electron chi connectivity index (χ4n) is 2.19. The molecular weight excluding hydrogens is 186 g/mol. The van der Waals surface area contributed by atoms with Crippen LogP contribution in [0.25, 0.3) is 0 Å². The molecule has 0 amide bonds. The second kappa shape index (κ2) is 4.67. The summed E-state index contributed by atoms with van der Waals surface area (Å²) in [5, 5.41) is 3.31. The first-order valence-electron chi connectivity index (χ1n) is 5.68. The van der Waals surface area contributed by atoms with Gasteiger partial charge in [0.05, 0.1) is 0 Å². The number of hydrogen-bond donors (Lipinski definition) is 1. The minimum absolute atomic E-state index is 0.393. The van der Waals surface area contributed by atoms with E-state index in [0.717, 1.165) is 12.2 Å². The molecule has 2 unspecified atom stereocenters. The fourth-order valence-corrected chi connectivity index (χ4v) is 2.19. The number of hydrogen-bond acceptors (Lipinski definition) is 2. The van der Waals surface area contributed by atoms with Crippen molar-refractivity contribution in [1.82, 2.24) is 5.32 Å². The van der Waals surface area contributed by atoms with Gasteiger partial charge in [-0.15, -0.1) is 0 Å². The average molecular weight is 205 g/mol. The van der Waals surface area contributed by atoms with Gasteiger partial charge in [0.2, 0.25) is 0 Å². The van der Waals surface area contributed by atoms with E-state index in [0.29, 0.717) is 12.1 Å². The number of aryl methyl sites for hydroxylation is 1. The van der Waals surface area contributed by atoms with Crippen LogP contribution in [0.4, 0.5) is 0 Å². The molecular formula is C13H19NO. The van der Waals surface area contributed by atoms with Crippen LogP contribution < -0.4 is 10.1 Å². The van der Waals surface area contributed by atoms with Crippen LogP contribution in [0.5, 0.6) is 5.75 Å². The average Bonchev–Trinajstić information content (AvgIpc) is 2.65. The number of nitrogens with one attached hydrogen (secondary N) is 1. The molecule has 1 aliphatic carbocycles. The van der Waals surface area contributed by atoms with Crippen LogP contribution in [0.1, 0.15) is 24.8 Å². The third-order valence-corrected chi connectivity index (χ3v) is 3.09. The highest BCUT2D eigenvalue weighted by molar-refractivity contribution is 5.27. The first-order valence-corrected chi connectivity index (χ1v) is 5.68. The van der Waals surface area contributed by atoms with Gasteiger partial charge in [0, 0.05) is 6.04 Å². The van der Waals surface area contributed by atoms with Gasteiger partial charge in [-0.3, -0.25) is 0 Å². The maximum absolute atomic E-state index is 5.95. The van der Waals surface area contributed by atoms with Crippen LogP contribution in [0.2, 0.25) is 0 Å². The van der Waals surface area contributed by atoms with Gasteiger partial charge in [-0.2, -0.15) is 0 Å². The summed E-state index contributed by atoms with van der Waals surface area (Å²) >= 11 is 0. The topological polar surface area (TPSA) is 21.3 Å². The lowest BCUT2D eigenvalue weighted by Crippen LogP contribution is -2.23. The summed E-state index contributed by atoms with van der Waals surface area (Å²) in [5.74, 6) is 1.01. The lowest BCUT2D eigenvalue weighted by atomic mass is 10.2. The Labute approximate surface area is 91.6 Å². The molecule has 2 heteroatoms. The molecule has 2 rings (SSSR count). The van der Waals surface area contributed by atoms with Crippen LogP contribution in [-0.2, 0) is 0 Å². The lowest BCUT2D eigenvalue weighted by molar-refractivity contribution is 0.206. The summed E-state index contributed by atoms with van der Waals surface area (Å²) in [7, 11) is 2.03. The van der Waals surface area contributed by atoms with Gasteiger partial charge >= 0.3 is 0 Å². The van der Waals surface area contributed by atoms with E-state index in [4.69, 9.17) is 4.74 Å². The van der Waals surface area contributed by atoms with Crippen molar-refractivity contribution in [3.8, 4) is 5.75 Å². The zero-order valence-corrected chi connectivity index (χ0v) is 9.49. The molecule has 1 aliphatic rings. The largest absolute Gasteiger partial charge is 0.490 e. The Morgan fingerprint density at radius 3 is 2.87 bits per heavy atom. The van der Waals surface area contributed by atoms with Crippen molar-refractivity contribution in [2.24, 2.45) is 0 Å². The molecule has 2 nitrogen and oxygen atoms in total. The molecule has 0 heterocycles. The van der Waals surface area contributed by atoms with Gasteiger partial charge in [-0.25, -0.2) is 0 Å². The minimum Gasteiger partial charge on any atom is -0.490 e. The Hall–Kier alpha value is -1.02. The van der Waals surface area contributed by atoms with Gasteiger partial charge in [0.25, 0.3) is 0 Å². The van der Waals surface area contributed by atoms with Gasteiger partial charge in [-0.1, -0.05) is 12.1 Å². The van der Waals surface area contributed by atoms with Crippen molar-refractivity contribution in [2.75, 3.05) is 7.05 Å². The number of benzene rings is 1. The molecule has 0 aliphatic heterocycles. The highest BCUT2D eigenvalue weighted by Crippen LogP contribution is 2.24. The van der Waals surface area contributed by atoms with E-state index in [1.807, 2.05) is 13.1 Å². The molecule has 15 heavy (non-hydrogen) atoms. The van der Waals surface area contributed by atoms with E-state index in [9.17, 15) is 0 Å². The summed E-state index contributed by atoms with van der Waals surface area (Å²) in [6.45, 7) is 2.10. The Morgan fingerprint density at radius 1 is 1.33 bits per heavy atom. The Bertz CT molecular complexity index is 324. The van der Waals surface area contributed by atoms with Gasteiger partial charge in [0.15, 0.2) is 0 Å². The number of ether oxygens (including phenoxy) is 1.